The molecule has 1 unspecified atom stereocenters. The van der Waals surface area contributed by atoms with E-state index in [4.69, 9.17) is 9.63 Å². The van der Waals surface area contributed by atoms with E-state index in [0.717, 1.165) is 31.9 Å². The van der Waals surface area contributed by atoms with Crippen molar-refractivity contribution in [2.75, 3.05) is 19.7 Å². The second-order valence-electron chi connectivity index (χ2n) is 6.52. The molecule has 2 rings (SSSR count). The Balaban J connectivity index is 1.92. The Kier molecular flexibility index (Phi) is 4.58. The number of likely N-dealkylation sites (tertiary alicyclic amines) is 1. The Morgan fingerprint density at radius 1 is 1.42 bits per heavy atom. The van der Waals surface area contributed by atoms with Gasteiger partial charge in [0, 0.05) is 18.6 Å². The summed E-state index contributed by atoms with van der Waals surface area (Å²) in [5.41, 5.74) is -0.0907. The molecule has 0 saturated carbocycles. The quantitative estimate of drug-likeness (QED) is 0.903. The normalized spacial score (nSPS) is 21.8. The summed E-state index contributed by atoms with van der Waals surface area (Å²) in [5.74, 6) is 2.08. The summed E-state index contributed by atoms with van der Waals surface area (Å²) in [6.07, 6.45) is 3.31. The summed E-state index contributed by atoms with van der Waals surface area (Å²) in [7, 11) is 0. The van der Waals surface area contributed by atoms with Crippen LogP contribution in [0.1, 0.15) is 51.7 Å². The molecule has 0 bridgehead atoms. The Morgan fingerprint density at radius 3 is 2.84 bits per heavy atom. The molecular formula is C14H25N3O2. The van der Waals surface area contributed by atoms with Gasteiger partial charge in [0.1, 0.15) is 0 Å². The van der Waals surface area contributed by atoms with Crippen LogP contribution in [0, 0.1) is 5.92 Å². The maximum atomic E-state index is 9.03. The summed E-state index contributed by atoms with van der Waals surface area (Å²) in [6.45, 7) is 9.37. The number of nitrogens with zero attached hydrogens (tertiary/aromatic N) is 3. The molecule has 1 atom stereocenters. The van der Waals surface area contributed by atoms with Crippen LogP contribution in [0.3, 0.4) is 0 Å². The van der Waals surface area contributed by atoms with E-state index < -0.39 is 0 Å². The zero-order valence-electron chi connectivity index (χ0n) is 12.2. The Bertz CT molecular complexity index is 396. The van der Waals surface area contributed by atoms with Crippen LogP contribution in [0.4, 0.5) is 0 Å². The van der Waals surface area contributed by atoms with E-state index in [1.165, 1.54) is 12.8 Å². The van der Waals surface area contributed by atoms with Crippen LogP contribution in [0.15, 0.2) is 4.52 Å². The van der Waals surface area contributed by atoms with E-state index >= 15 is 0 Å². The average Bonchev–Trinajstić information content (AvgIpc) is 2.78. The van der Waals surface area contributed by atoms with Crippen molar-refractivity contribution in [2.24, 2.45) is 5.92 Å². The van der Waals surface area contributed by atoms with Gasteiger partial charge >= 0.3 is 0 Å². The zero-order valence-corrected chi connectivity index (χ0v) is 12.2. The summed E-state index contributed by atoms with van der Waals surface area (Å²) in [5, 5.41) is 13.1. The first-order chi connectivity index (χ1) is 8.99. The predicted molar refractivity (Wildman–Crippen MR) is 72.7 cm³/mol. The SMILES string of the molecule is CC(C)(C)c1nc(CN2CCCC(CCO)C2)no1. The molecule has 1 saturated heterocycles. The van der Waals surface area contributed by atoms with E-state index in [0.29, 0.717) is 11.8 Å². The van der Waals surface area contributed by atoms with Crippen molar-refractivity contribution in [3.8, 4) is 0 Å². The van der Waals surface area contributed by atoms with Gasteiger partial charge in [0.05, 0.1) is 6.54 Å². The summed E-state index contributed by atoms with van der Waals surface area (Å²) >= 11 is 0. The Hall–Kier alpha value is -0.940. The lowest BCUT2D eigenvalue weighted by atomic mass is 9.95. The second-order valence-corrected chi connectivity index (χ2v) is 6.52. The molecule has 1 aliphatic heterocycles. The van der Waals surface area contributed by atoms with Crippen molar-refractivity contribution >= 4 is 0 Å². The van der Waals surface area contributed by atoms with Gasteiger partial charge in [-0.2, -0.15) is 4.98 Å². The third-order valence-electron chi connectivity index (χ3n) is 3.62. The topological polar surface area (TPSA) is 62.4 Å². The largest absolute Gasteiger partial charge is 0.396 e. The van der Waals surface area contributed by atoms with Crippen molar-refractivity contribution < 1.29 is 9.63 Å². The molecule has 0 amide bonds. The number of aliphatic hydroxyl groups excluding tert-OH is 1. The Labute approximate surface area is 115 Å². The molecule has 0 aromatic carbocycles. The molecule has 0 aliphatic carbocycles. The lowest BCUT2D eigenvalue weighted by Crippen LogP contribution is -2.35. The highest BCUT2D eigenvalue weighted by Crippen LogP contribution is 2.22. The summed E-state index contributed by atoms with van der Waals surface area (Å²) in [4.78, 5) is 6.84. The first-order valence-electron chi connectivity index (χ1n) is 7.15. The van der Waals surface area contributed by atoms with Crippen molar-refractivity contribution in [3.63, 3.8) is 0 Å². The first-order valence-corrected chi connectivity index (χ1v) is 7.15. The molecular weight excluding hydrogens is 242 g/mol. The van der Waals surface area contributed by atoms with Crippen LogP contribution in [0.2, 0.25) is 0 Å². The molecule has 1 aromatic heterocycles. The smallest absolute Gasteiger partial charge is 0.232 e. The fraction of sp³-hybridized carbons (Fsp3) is 0.857. The van der Waals surface area contributed by atoms with Crippen LogP contribution in [0.5, 0.6) is 0 Å². The highest BCUT2D eigenvalue weighted by molar-refractivity contribution is 4.98. The van der Waals surface area contributed by atoms with Crippen molar-refractivity contribution in [3.05, 3.63) is 11.7 Å². The molecule has 5 heteroatoms. The number of rotatable bonds is 4. The lowest BCUT2D eigenvalue weighted by molar-refractivity contribution is 0.139. The summed E-state index contributed by atoms with van der Waals surface area (Å²) < 4.78 is 5.32. The second kappa shape index (κ2) is 6.01. The Morgan fingerprint density at radius 2 is 2.21 bits per heavy atom. The van der Waals surface area contributed by atoms with Gasteiger partial charge in [-0.15, -0.1) is 0 Å². The third kappa shape index (κ3) is 4.01. The molecule has 1 aliphatic rings. The van der Waals surface area contributed by atoms with Gasteiger partial charge in [0.2, 0.25) is 5.89 Å². The maximum absolute atomic E-state index is 9.03. The van der Waals surface area contributed by atoms with E-state index in [9.17, 15) is 0 Å². The highest BCUT2D eigenvalue weighted by atomic mass is 16.5. The number of hydrogen-bond donors (Lipinski definition) is 1. The van der Waals surface area contributed by atoms with E-state index in [2.05, 4.69) is 35.8 Å². The van der Waals surface area contributed by atoms with Gasteiger partial charge in [0.15, 0.2) is 5.82 Å². The van der Waals surface area contributed by atoms with Gasteiger partial charge in [0.25, 0.3) is 0 Å². The summed E-state index contributed by atoms with van der Waals surface area (Å²) in [6, 6.07) is 0. The molecule has 0 spiro atoms. The first kappa shape index (κ1) is 14.5. The predicted octanol–water partition coefficient (Wildman–Crippen LogP) is 1.96. The molecule has 1 N–H and O–H groups in total. The number of aliphatic hydroxyl groups is 1. The maximum Gasteiger partial charge on any atom is 0.232 e. The van der Waals surface area contributed by atoms with Gasteiger partial charge in [-0.05, 0) is 31.7 Å². The van der Waals surface area contributed by atoms with Gasteiger partial charge in [-0.25, -0.2) is 0 Å². The number of aromatic nitrogens is 2. The fourth-order valence-corrected chi connectivity index (χ4v) is 2.54. The minimum Gasteiger partial charge on any atom is -0.396 e. The van der Waals surface area contributed by atoms with Crippen LogP contribution in [-0.2, 0) is 12.0 Å². The molecule has 0 radical (unpaired) electrons. The standard InChI is InChI=1S/C14H25N3O2/c1-14(2,3)13-15-12(16-19-13)10-17-7-4-5-11(9-17)6-8-18/h11,18H,4-10H2,1-3H3. The lowest BCUT2D eigenvalue weighted by Gasteiger charge is -2.31. The van der Waals surface area contributed by atoms with Gasteiger partial charge < -0.3 is 9.63 Å². The third-order valence-corrected chi connectivity index (χ3v) is 3.62. The highest BCUT2D eigenvalue weighted by Gasteiger charge is 2.24. The molecule has 5 nitrogen and oxygen atoms in total. The fourth-order valence-electron chi connectivity index (χ4n) is 2.54. The average molecular weight is 267 g/mol. The molecule has 2 heterocycles. The molecule has 108 valence electrons. The minimum absolute atomic E-state index is 0.0907. The van der Waals surface area contributed by atoms with Crippen LogP contribution >= 0.6 is 0 Å². The van der Waals surface area contributed by atoms with Crippen molar-refractivity contribution in [2.45, 2.75) is 52.0 Å². The van der Waals surface area contributed by atoms with E-state index in [1.807, 2.05) is 0 Å². The van der Waals surface area contributed by atoms with E-state index in [-0.39, 0.29) is 12.0 Å². The molecule has 19 heavy (non-hydrogen) atoms. The van der Waals surface area contributed by atoms with Crippen LogP contribution in [-0.4, -0.2) is 39.8 Å². The van der Waals surface area contributed by atoms with Crippen molar-refractivity contribution in [1.82, 2.24) is 15.0 Å². The minimum atomic E-state index is -0.0907. The number of hydrogen-bond acceptors (Lipinski definition) is 5. The van der Waals surface area contributed by atoms with Gasteiger partial charge in [-0.1, -0.05) is 25.9 Å². The monoisotopic (exact) mass is 267 g/mol. The zero-order chi connectivity index (χ0) is 13.9. The molecule has 1 aromatic rings. The van der Waals surface area contributed by atoms with E-state index in [1.54, 1.807) is 0 Å². The van der Waals surface area contributed by atoms with Gasteiger partial charge in [-0.3, -0.25) is 4.90 Å². The molecule has 1 fully saturated rings. The van der Waals surface area contributed by atoms with Crippen molar-refractivity contribution in [1.29, 1.82) is 0 Å². The van der Waals surface area contributed by atoms with Crippen LogP contribution in [0.25, 0.3) is 0 Å². The number of piperidine rings is 1. The van der Waals surface area contributed by atoms with Crippen LogP contribution < -0.4 is 0 Å².